The molecular weight excluding hydrogens is 292 g/mol. The van der Waals surface area contributed by atoms with Crippen molar-refractivity contribution in [2.45, 2.75) is 32.2 Å². The summed E-state index contributed by atoms with van der Waals surface area (Å²) < 4.78 is 1.47. The zero-order valence-corrected chi connectivity index (χ0v) is 12.5. The summed E-state index contributed by atoms with van der Waals surface area (Å²) >= 11 is 6.03. The summed E-state index contributed by atoms with van der Waals surface area (Å²) in [6.45, 7) is 1.61. The molecule has 2 fully saturated rings. The van der Waals surface area contributed by atoms with Gasteiger partial charge in [-0.2, -0.15) is 5.10 Å². The molecule has 0 aromatic carbocycles. The molecular formula is C14H19ClN4O2. The Bertz CT molecular complexity index is 593. The fourth-order valence-electron chi connectivity index (χ4n) is 2.17. The van der Waals surface area contributed by atoms with Crippen molar-refractivity contribution in [2.75, 3.05) is 18.4 Å². The topological polar surface area (TPSA) is 76.0 Å². The minimum Gasteiger partial charge on any atom is -0.377 e. The van der Waals surface area contributed by atoms with Crippen LogP contribution >= 0.6 is 11.6 Å². The minimum atomic E-state index is -0.192. The highest BCUT2D eigenvalue weighted by atomic mass is 35.5. The Morgan fingerprint density at radius 2 is 2.10 bits per heavy atom. The summed E-state index contributed by atoms with van der Waals surface area (Å²) in [6, 6.07) is 0. The Morgan fingerprint density at radius 3 is 2.76 bits per heavy atom. The molecule has 2 N–H and O–H groups in total. The number of anilines is 1. The summed E-state index contributed by atoms with van der Waals surface area (Å²) in [5.41, 5.74) is 0.177. The van der Waals surface area contributed by atoms with Gasteiger partial charge in [0.15, 0.2) is 0 Å². The van der Waals surface area contributed by atoms with Crippen LogP contribution in [0.5, 0.6) is 0 Å². The standard InChI is InChI=1S/C14H19ClN4O2/c15-11-7-18-19(8-9-1-2-9)14(21)12(11)16-5-6-17-13(20)10-3-4-10/h7,9-10,16H,1-6,8H2,(H,17,20). The van der Waals surface area contributed by atoms with Gasteiger partial charge in [0.2, 0.25) is 5.91 Å². The van der Waals surface area contributed by atoms with E-state index in [9.17, 15) is 9.59 Å². The summed E-state index contributed by atoms with van der Waals surface area (Å²) in [6.07, 6.45) is 5.79. The lowest BCUT2D eigenvalue weighted by atomic mass is 10.4. The number of nitrogens with zero attached hydrogens (tertiary/aromatic N) is 2. The van der Waals surface area contributed by atoms with E-state index in [0.29, 0.717) is 36.3 Å². The minimum absolute atomic E-state index is 0.101. The lowest BCUT2D eigenvalue weighted by Crippen LogP contribution is -2.32. The number of halogens is 1. The maximum atomic E-state index is 12.3. The molecule has 1 aromatic rings. The van der Waals surface area contributed by atoms with Gasteiger partial charge in [0.25, 0.3) is 5.56 Å². The number of hydrogen-bond donors (Lipinski definition) is 2. The molecule has 0 atom stereocenters. The van der Waals surface area contributed by atoms with E-state index >= 15 is 0 Å². The summed E-state index contributed by atoms with van der Waals surface area (Å²) in [5, 5.41) is 10.2. The van der Waals surface area contributed by atoms with Gasteiger partial charge in [-0.1, -0.05) is 11.6 Å². The van der Waals surface area contributed by atoms with Crippen molar-refractivity contribution >= 4 is 23.2 Å². The molecule has 3 rings (SSSR count). The Kier molecular flexibility index (Phi) is 4.14. The monoisotopic (exact) mass is 310 g/mol. The smallest absolute Gasteiger partial charge is 0.291 e. The molecule has 2 aliphatic rings. The van der Waals surface area contributed by atoms with Gasteiger partial charge >= 0.3 is 0 Å². The molecule has 114 valence electrons. The van der Waals surface area contributed by atoms with E-state index in [2.05, 4.69) is 15.7 Å². The molecule has 0 bridgehead atoms. The highest BCUT2D eigenvalue weighted by Crippen LogP contribution is 2.30. The van der Waals surface area contributed by atoms with Crippen LogP contribution in [-0.2, 0) is 11.3 Å². The predicted octanol–water partition coefficient (Wildman–Crippen LogP) is 1.24. The van der Waals surface area contributed by atoms with E-state index in [1.165, 1.54) is 10.9 Å². The first-order valence-electron chi connectivity index (χ1n) is 7.42. The molecule has 1 amide bonds. The first-order valence-corrected chi connectivity index (χ1v) is 7.80. The molecule has 1 aromatic heterocycles. The molecule has 1 heterocycles. The van der Waals surface area contributed by atoms with E-state index in [0.717, 1.165) is 25.7 Å². The van der Waals surface area contributed by atoms with Gasteiger partial charge in [0.1, 0.15) is 5.69 Å². The molecule has 0 aliphatic heterocycles. The Morgan fingerprint density at radius 1 is 1.33 bits per heavy atom. The third-order valence-electron chi connectivity index (χ3n) is 3.80. The van der Waals surface area contributed by atoms with Crippen LogP contribution in [0.2, 0.25) is 5.02 Å². The number of carbonyl (C=O) groups excluding carboxylic acids is 1. The van der Waals surface area contributed by atoms with Crippen LogP contribution in [0.1, 0.15) is 25.7 Å². The van der Waals surface area contributed by atoms with E-state index < -0.39 is 0 Å². The van der Waals surface area contributed by atoms with Crippen LogP contribution in [-0.4, -0.2) is 28.8 Å². The van der Waals surface area contributed by atoms with Crippen LogP contribution < -0.4 is 16.2 Å². The van der Waals surface area contributed by atoms with Crippen LogP contribution in [0.25, 0.3) is 0 Å². The summed E-state index contributed by atoms with van der Waals surface area (Å²) in [7, 11) is 0. The first-order chi connectivity index (χ1) is 10.1. The van der Waals surface area contributed by atoms with Gasteiger partial charge < -0.3 is 10.6 Å². The highest BCUT2D eigenvalue weighted by Gasteiger charge is 2.29. The number of rotatable bonds is 7. The van der Waals surface area contributed by atoms with Crippen molar-refractivity contribution in [3.05, 3.63) is 21.6 Å². The highest BCUT2D eigenvalue weighted by molar-refractivity contribution is 6.32. The fraction of sp³-hybridized carbons (Fsp3) is 0.643. The second kappa shape index (κ2) is 6.05. The molecule has 2 saturated carbocycles. The van der Waals surface area contributed by atoms with Crippen molar-refractivity contribution < 1.29 is 4.79 Å². The van der Waals surface area contributed by atoms with Crippen molar-refractivity contribution in [3.8, 4) is 0 Å². The predicted molar refractivity (Wildman–Crippen MR) is 80.5 cm³/mol. The van der Waals surface area contributed by atoms with Gasteiger partial charge in [0, 0.05) is 25.6 Å². The van der Waals surface area contributed by atoms with Gasteiger partial charge in [-0.3, -0.25) is 9.59 Å². The van der Waals surface area contributed by atoms with Crippen LogP contribution in [0, 0.1) is 11.8 Å². The molecule has 0 spiro atoms. The Hall–Kier alpha value is -1.56. The van der Waals surface area contributed by atoms with E-state index in [1.807, 2.05) is 0 Å². The van der Waals surface area contributed by atoms with Crippen molar-refractivity contribution in [1.82, 2.24) is 15.1 Å². The van der Waals surface area contributed by atoms with Crippen molar-refractivity contribution in [2.24, 2.45) is 11.8 Å². The zero-order valence-electron chi connectivity index (χ0n) is 11.8. The van der Waals surface area contributed by atoms with E-state index in [1.54, 1.807) is 0 Å². The Labute approximate surface area is 127 Å². The third kappa shape index (κ3) is 3.75. The number of amides is 1. The second-order valence-electron chi connectivity index (χ2n) is 5.79. The number of carbonyl (C=O) groups is 1. The molecule has 21 heavy (non-hydrogen) atoms. The average molecular weight is 311 g/mol. The zero-order chi connectivity index (χ0) is 14.8. The fourth-order valence-corrected chi connectivity index (χ4v) is 2.36. The third-order valence-corrected chi connectivity index (χ3v) is 4.09. The number of aromatic nitrogens is 2. The maximum absolute atomic E-state index is 12.3. The largest absolute Gasteiger partial charge is 0.377 e. The molecule has 6 nitrogen and oxygen atoms in total. The summed E-state index contributed by atoms with van der Waals surface area (Å²) in [4.78, 5) is 23.8. The lowest BCUT2D eigenvalue weighted by molar-refractivity contribution is -0.122. The van der Waals surface area contributed by atoms with E-state index in [-0.39, 0.29) is 17.4 Å². The quantitative estimate of drug-likeness (QED) is 0.743. The van der Waals surface area contributed by atoms with E-state index in [4.69, 9.17) is 11.6 Å². The molecule has 7 heteroatoms. The van der Waals surface area contributed by atoms with Crippen LogP contribution in [0.4, 0.5) is 5.69 Å². The normalized spacial score (nSPS) is 17.6. The van der Waals surface area contributed by atoms with Crippen LogP contribution in [0.15, 0.2) is 11.0 Å². The molecule has 0 saturated heterocycles. The van der Waals surface area contributed by atoms with Gasteiger partial charge in [-0.15, -0.1) is 0 Å². The van der Waals surface area contributed by atoms with Crippen LogP contribution in [0.3, 0.4) is 0 Å². The van der Waals surface area contributed by atoms with Crippen molar-refractivity contribution in [3.63, 3.8) is 0 Å². The van der Waals surface area contributed by atoms with Crippen molar-refractivity contribution in [1.29, 1.82) is 0 Å². The average Bonchev–Trinajstić information content (AvgIpc) is 3.34. The number of nitrogens with one attached hydrogen (secondary N) is 2. The molecule has 0 unspecified atom stereocenters. The first kappa shape index (κ1) is 14.4. The second-order valence-corrected chi connectivity index (χ2v) is 6.20. The summed E-state index contributed by atoms with van der Waals surface area (Å²) in [5.74, 6) is 0.871. The molecule has 0 radical (unpaired) electrons. The van der Waals surface area contributed by atoms with Gasteiger partial charge in [0.05, 0.1) is 11.2 Å². The molecule has 2 aliphatic carbocycles. The number of hydrogen-bond acceptors (Lipinski definition) is 4. The Balaban J connectivity index is 1.55. The maximum Gasteiger partial charge on any atom is 0.291 e. The SMILES string of the molecule is O=C(NCCNc1c(Cl)cnn(CC2CC2)c1=O)C1CC1. The van der Waals surface area contributed by atoms with Gasteiger partial charge in [-0.05, 0) is 31.6 Å². The van der Waals surface area contributed by atoms with Gasteiger partial charge in [-0.25, -0.2) is 4.68 Å². The lowest BCUT2D eigenvalue weighted by Gasteiger charge is -2.11.